The number of carbonyl (C=O) groups is 1. The van der Waals surface area contributed by atoms with Crippen molar-refractivity contribution >= 4 is 17.4 Å². The molecule has 92 valence electrons. The number of benzene rings is 1. The molecule has 0 spiro atoms. The number of rotatable bonds is 3. The Kier molecular flexibility index (Phi) is 4.16. The van der Waals surface area contributed by atoms with Gasteiger partial charge in [-0.3, -0.25) is 4.79 Å². The topological polar surface area (TPSA) is 17.1 Å². The van der Waals surface area contributed by atoms with E-state index in [9.17, 15) is 9.18 Å². The highest BCUT2D eigenvalue weighted by molar-refractivity contribution is 6.33. The maximum absolute atomic E-state index is 12.9. The van der Waals surface area contributed by atoms with Crippen LogP contribution in [-0.2, 0) is 0 Å². The average molecular weight is 255 g/mol. The van der Waals surface area contributed by atoms with Gasteiger partial charge in [-0.25, -0.2) is 4.39 Å². The third kappa shape index (κ3) is 3.29. The summed E-state index contributed by atoms with van der Waals surface area (Å²) >= 11 is 5.88. The van der Waals surface area contributed by atoms with Gasteiger partial charge in [0, 0.05) is 12.0 Å². The van der Waals surface area contributed by atoms with Crippen LogP contribution in [0.15, 0.2) is 18.2 Å². The van der Waals surface area contributed by atoms with Gasteiger partial charge in [-0.1, -0.05) is 43.7 Å². The summed E-state index contributed by atoms with van der Waals surface area (Å²) in [5.41, 5.74) is 0.457. The van der Waals surface area contributed by atoms with E-state index in [0.717, 1.165) is 12.8 Å². The lowest BCUT2D eigenvalue weighted by atomic mass is 9.85. The molecular weight excluding hydrogens is 239 g/mol. The Hall–Kier alpha value is -0.890. The molecule has 0 atom stereocenters. The molecule has 1 aromatic rings. The molecule has 1 aliphatic carbocycles. The normalized spacial score (nSPS) is 17.1. The minimum atomic E-state index is -0.399. The summed E-state index contributed by atoms with van der Waals surface area (Å²) in [4.78, 5) is 12.0. The Balaban J connectivity index is 2.03. The van der Waals surface area contributed by atoms with Crippen LogP contribution in [0.4, 0.5) is 4.39 Å². The summed E-state index contributed by atoms with van der Waals surface area (Å²) in [7, 11) is 0. The standard InChI is InChI=1S/C14H16ClFO/c15-13-9-11(16)6-7-12(13)14(17)8-10-4-2-1-3-5-10/h6-7,9-10H,1-5,8H2. The number of Topliss-reactive ketones (excluding diaryl/α,β-unsaturated/α-hetero) is 1. The van der Waals surface area contributed by atoms with E-state index in [2.05, 4.69) is 0 Å². The van der Waals surface area contributed by atoms with Crippen molar-refractivity contribution in [2.24, 2.45) is 5.92 Å². The Morgan fingerprint density at radius 3 is 2.65 bits per heavy atom. The quantitative estimate of drug-likeness (QED) is 0.719. The van der Waals surface area contributed by atoms with Gasteiger partial charge in [0.2, 0.25) is 0 Å². The molecule has 3 heteroatoms. The minimum Gasteiger partial charge on any atom is -0.294 e. The molecular formula is C14H16ClFO. The first-order chi connectivity index (χ1) is 8.16. The first kappa shape index (κ1) is 12.6. The van der Waals surface area contributed by atoms with Crippen LogP contribution in [0.1, 0.15) is 48.9 Å². The van der Waals surface area contributed by atoms with Gasteiger partial charge in [0.05, 0.1) is 5.02 Å². The fourth-order valence-corrected chi connectivity index (χ4v) is 2.75. The number of halogens is 2. The van der Waals surface area contributed by atoms with Gasteiger partial charge in [-0.15, -0.1) is 0 Å². The highest BCUT2D eigenvalue weighted by Gasteiger charge is 2.19. The van der Waals surface area contributed by atoms with Crippen LogP contribution >= 0.6 is 11.6 Å². The zero-order valence-corrected chi connectivity index (χ0v) is 10.5. The van der Waals surface area contributed by atoms with Crippen LogP contribution in [0, 0.1) is 11.7 Å². The van der Waals surface area contributed by atoms with Crippen LogP contribution in [-0.4, -0.2) is 5.78 Å². The first-order valence-electron chi connectivity index (χ1n) is 6.15. The van der Waals surface area contributed by atoms with E-state index in [1.807, 2.05) is 0 Å². The average Bonchev–Trinajstić information content (AvgIpc) is 2.30. The smallest absolute Gasteiger partial charge is 0.164 e. The van der Waals surface area contributed by atoms with Crippen molar-refractivity contribution in [3.05, 3.63) is 34.6 Å². The molecule has 0 unspecified atom stereocenters. The Bertz CT molecular complexity index is 411. The number of ketones is 1. The van der Waals surface area contributed by atoms with Crippen molar-refractivity contribution in [1.82, 2.24) is 0 Å². The predicted molar refractivity (Wildman–Crippen MR) is 66.9 cm³/mol. The third-order valence-corrected chi connectivity index (χ3v) is 3.74. The lowest BCUT2D eigenvalue weighted by molar-refractivity contribution is 0.0950. The fraction of sp³-hybridized carbons (Fsp3) is 0.500. The van der Waals surface area contributed by atoms with Crippen LogP contribution < -0.4 is 0 Å². The molecule has 1 aromatic carbocycles. The van der Waals surface area contributed by atoms with Crippen molar-refractivity contribution in [3.63, 3.8) is 0 Å². The van der Waals surface area contributed by atoms with E-state index >= 15 is 0 Å². The molecule has 0 bridgehead atoms. The summed E-state index contributed by atoms with van der Waals surface area (Å²) in [6.07, 6.45) is 6.52. The van der Waals surface area contributed by atoms with Gasteiger partial charge in [-0.05, 0) is 24.1 Å². The Morgan fingerprint density at radius 2 is 2.00 bits per heavy atom. The Morgan fingerprint density at radius 1 is 1.29 bits per heavy atom. The molecule has 0 amide bonds. The van der Waals surface area contributed by atoms with Crippen LogP contribution in [0.2, 0.25) is 5.02 Å². The monoisotopic (exact) mass is 254 g/mol. The molecule has 0 saturated heterocycles. The van der Waals surface area contributed by atoms with E-state index in [1.165, 1.54) is 37.5 Å². The third-order valence-electron chi connectivity index (χ3n) is 3.43. The predicted octanol–water partition coefficient (Wildman–Crippen LogP) is 4.63. The molecule has 17 heavy (non-hydrogen) atoms. The van der Waals surface area contributed by atoms with Gasteiger partial charge < -0.3 is 0 Å². The summed E-state index contributed by atoms with van der Waals surface area (Å²) in [6, 6.07) is 3.98. The van der Waals surface area contributed by atoms with E-state index in [4.69, 9.17) is 11.6 Å². The van der Waals surface area contributed by atoms with Gasteiger partial charge in [0.1, 0.15) is 5.82 Å². The largest absolute Gasteiger partial charge is 0.294 e. The zero-order chi connectivity index (χ0) is 12.3. The number of carbonyl (C=O) groups excluding carboxylic acids is 1. The highest BCUT2D eigenvalue weighted by atomic mass is 35.5. The SMILES string of the molecule is O=C(CC1CCCCC1)c1ccc(F)cc1Cl. The molecule has 0 aliphatic heterocycles. The molecule has 1 fully saturated rings. The van der Waals surface area contributed by atoms with Crippen molar-refractivity contribution in [3.8, 4) is 0 Å². The minimum absolute atomic E-state index is 0.0434. The maximum Gasteiger partial charge on any atom is 0.164 e. The highest BCUT2D eigenvalue weighted by Crippen LogP contribution is 2.29. The molecule has 1 nitrogen and oxygen atoms in total. The van der Waals surface area contributed by atoms with Crippen LogP contribution in [0.25, 0.3) is 0 Å². The second-order valence-electron chi connectivity index (χ2n) is 4.76. The zero-order valence-electron chi connectivity index (χ0n) is 9.72. The number of hydrogen-bond acceptors (Lipinski definition) is 1. The number of hydrogen-bond donors (Lipinski definition) is 0. The molecule has 0 aromatic heterocycles. The van der Waals surface area contributed by atoms with Crippen molar-refractivity contribution in [2.75, 3.05) is 0 Å². The van der Waals surface area contributed by atoms with E-state index in [1.54, 1.807) is 0 Å². The van der Waals surface area contributed by atoms with Crippen molar-refractivity contribution in [2.45, 2.75) is 38.5 Å². The Labute approximate surface area is 106 Å². The van der Waals surface area contributed by atoms with Gasteiger partial charge in [-0.2, -0.15) is 0 Å². The molecule has 0 N–H and O–H groups in total. The van der Waals surface area contributed by atoms with E-state index in [-0.39, 0.29) is 10.8 Å². The lowest BCUT2D eigenvalue weighted by Gasteiger charge is -2.20. The van der Waals surface area contributed by atoms with Crippen LogP contribution in [0.5, 0.6) is 0 Å². The van der Waals surface area contributed by atoms with Gasteiger partial charge in [0.25, 0.3) is 0 Å². The lowest BCUT2D eigenvalue weighted by Crippen LogP contribution is -2.12. The van der Waals surface area contributed by atoms with Gasteiger partial charge >= 0.3 is 0 Å². The van der Waals surface area contributed by atoms with Crippen molar-refractivity contribution < 1.29 is 9.18 Å². The van der Waals surface area contributed by atoms with E-state index in [0.29, 0.717) is 17.9 Å². The van der Waals surface area contributed by atoms with Crippen molar-refractivity contribution in [1.29, 1.82) is 0 Å². The fourth-order valence-electron chi connectivity index (χ4n) is 2.48. The molecule has 0 radical (unpaired) electrons. The molecule has 1 aliphatic rings. The summed E-state index contributed by atoms with van der Waals surface area (Å²) in [5.74, 6) is 0.128. The maximum atomic E-state index is 12.9. The summed E-state index contributed by atoms with van der Waals surface area (Å²) in [6.45, 7) is 0. The van der Waals surface area contributed by atoms with Crippen LogP contribution in [0.3, 0.4) is 0 Å². The van der Waals surface area contributed by atoms with E-state index < -0.39 is 5.82 Å². The second kappa shape index (κ2) is 5.63. The molecule has 1 saturated carbocycles. The first-order valence-corrected chi connectivity index (χ1v) is 6.53. The summed E-state index contributed by atoms with van der Waals surface area (Å²) < 4.78 is 12.9. The molecule has 2 rings (SSSR count). The second-order valence-corrected chi connectivity index (χ2v) is 5.16. The summed E-state index contributed by atoms with van der Waals surface area (Å²) in [5, 5.41) is 0.228. The molecule has 0 heterocycles. The van der Waals surface area contributed by atoms with Gasteiger partial charge in [0.15, 0.2) is 5.78 Å².